The van der Waals surface area contributed by atoms with E-state index in [0.717, 1.165) is 37.0 Å². The van der Waals surface area contributed by atoms with E-state index >= 15 is 0 Å². The number of rotatable bonds is 28. The highest BCUT2D eigenvalue weighted by Gasteiger charge is 2.40. The van der Waals surface area contributed by atoms with Crippen LogP contribution in [0, 0.1) is 0 Å². The molecule has 5 heteroatoms. The molecule has 1 fully saturated rings. The van der Waals surface area contributed by atoms with Gasteiger partial charge in [-0.2, -0.15) is 0 Å². The van der Waals surface area contributed by atoms with Gasteiger partial charge in [-0.25, -0.2) is 9.69 Å². The van der Waals surface area contributed by atoms with Crippen molar-refractivity contribution in [2.75, 3.05) is 6.61 Å². The lowest BCUT2D eigenvalue weighted by Crippen LogP contribution is -2.45. The first-order chi connectivity index (χ1) is 19.6. The van der Waals surface area contributed by atoms with Crippen LogP contribution in [0.3, 0.4) is 0 Å². The molecule has 1 saturated heterocycles. The highest BCUT2D eigenvalue weighted by atomic mass is 16.6. The highest BCUT2D eigenvalue weighted by molar-refractivity contribution is 5.93. The molecule has 234 valence electrons. The van der Waals surface area contributed by atoms with E-state index in [9.17, 15) is 14.7 Å². The number of imide groups is 1. The number of hydrogen-bond donors (Lipinski definition) is 1. The minimum atomic E-state index is -0.866. The molecule has 5 nitrogen and oxygen atoms in total. The standard InChI is InChI=1S/C35H65NO4/c1-3-5-7-9-11-13-15-17-19-21-23-25-27-29-33(37)32-31-40-35(39)36(32)34(38)30-28-26-24-22-20-18-16-14-12-10-8-6-4-2/h27,29,32-33,37H,3-26,28,30-31H2,1-2H3/b29-27+/t32-,33+/m0/s1. The van der Waals surface area contributed by atoms with Gasteiger partial charge in [0.05, 0.1) is 6.10 Å². The molecule has 0 aromatic rings. The van der Waals surface area contributed by atoms with Crippen LogP contribution in [0.15, 0.2) is 12.2 Å². The van der Waals surface area contributed by atoms with Crippen molar-refractivity contribution >= 4 is 12.0 Å². The molecule has 0 aromatic carbocycles. The second kappa shape index (κ2) is 26.5. The van der Waals surface area contributed by atoms with Crippen LogP contribution >= 0.6 is 0 Å². The van der Waals surface area contributed by atoms with Crippen LogP contribution in [0.4, 0.5) is 4.79 Å². The minimum Gasteiger partial charge on any atom is -0.447 e. The lowest BCUT2D eigenvalue weighted by molar-refractivity contribution is -0.130. The normalized spacial score (nSPS) is 16.2. The van der Waals surface area contributed by atoms with Gasteiger partial charge in [0.25, 0.3) is 0 Å². The summed E-state index contributed by atoms with van der Waals surface area (Å²) in [4.78, 5) is 26.1. The summed E-state index contributed by atoms with van der Waals surface area (Å²) >= 11 is 0. The Balaban J connectivity index is 2.08. The van der Waals surface area contributed by atoms with Gasteiger partial charge in [0, 0.05) is 6.42 Å². The Morgan fingerprint density at radius 1 is 0.725 bits per heavy atom. The van der Waals surface area contributed by atoms with Crippen molar-refractivity contribution < 1.29 is 19.4 Å². The maximum Gasteiger partial charge on any atom is 0.417 e. The third kappa shape index (κ3) is 18.9. The highest BCUT2D eigenvalue weighted by Crippen LogP contribution is 2.20. The van der Waals surface area contributed by atoms with Gasteiger partial charge < -0.3 is 9.84 Å². The van der Waals surface area contributed by atoms with Gasteiger partial charge >= 0.3 is 6.09 Å². The van der Waals surface area contributed by atoms with Crippen LogP contribution in [0.25, 0.3) is 0 Å². The molecule has 0 spiro atoms. The van der Waals surface area contributed by atoms with Crippen molar-refractivity contribution in [3.8, 4) is 0 Å². The van der Waals surface area contributed by atoms with E-state index in [1.54, 1.807) is 6.08 Å². The van der Waals surface area contributed by atoms with Crippen LogP contribution in [-0.4, -0.2) is 40.8 Å². The first kappa shape index (κ1) is 36.7. The van der Waals surface area contributed by atoms with E-state index < -0.39 is 18.2 Å². The van der Waals surface area contributed by atoms with Crippen molar-refractivity contribution in [3.05, 3.63) is 12.2 Å². The number of hydrogen-bond acceptors (Lipinski definition) is 4. The number of aliphatic hydroxyl groups excluding tert-OH is 1. The lowest BCUT2D eigenvalue weighted by Gasteiger charge is -2.22. The minimum absolute atomic E-state index is 0.0765. The van der Waals surface area contributed by atoms with Gasteiger partial charge in [0.15, 0.2) is 0 Å². The number of allylic oxidation sites excluding steroid dienone is 1. The third-order valence-corrected chi connectivity index (χ3v) is 8.37. The Kier molecular flexibility index (Phi) is 24.3. The first-order valence-electron chi connectivity index (χ1n) is 17.4. The maximum atomic E-state index is 12.8. The summed E-state index contributed by atoms with van der Waals surface area (Å²) in [5.74, 6) is -0.214. The molecule has 0 bridgehead atoms. The zero-order valence-corrected chi connectivity index (χ0v) is 26.5. The fraction of sp³-hybridized carbons (Fsp3) is 0.886. The van der Waals surface area contributed by atoms with Crippen molar-refractivity contribution in [2.45, 2.75) is 193 Å². The summed E-state index contributed by atoms with van der Waals surface area (Å²) in [6.07, 6.45) is 34.3. The smallest absolute Gasteiger partial charge is 0.417 e. The predicted molar refractivity (Wildman–Crippen MR) is 169 cm³/mol. The molecule has 0 radical (unpaired) electrons. The largest absolute Gasteiger partial charge is 0.447 e. The fourth-order valence-electron chi connectivity index (χ4n) is 5.68. The molecule has 0 unspecified atom stereocenters. The Morgan fingerprint density at radius 2 is 1.12 bits per heavy atom. The zero-order chi connectivity index (χ0) is 29.1. The van der Waals surface area contributed by atoms with E-state index in [1.165, 1.54) is 128 Å². The lowest BCUT2D eigenvalue weighted by atomic mass is 10.0. The summed E-state index contributed by atoms with van der Waals surface area (Å²) in [7, 11) is 0. The summed E-state index contributed by atoms with van der Waals surface area (Å²) in [6, 6.07) is -0.601. The van der Waals surface area contributed by atoms with Gasteiger partial charge in [-0.05, 0) is 19.3 Å². The molecule has 1 N–H and O–H groups in total. The average Bonchev–Trinajstić information content (AvgIpc) is 3.35. The molecule has 40 heavy (non-hydrogen) atoms. The Labute approximate surface area is 247 Å². The fourth-order valence-corrected chi connectivity index (χ4v) is 5.68. The van der Waals surface area contributed by atoms with Crippen molar-refractivity contribution in [2.24, 2.45) is 0 Å². The molecular formula is C35H65NO4. The third-order valence-electron chi connectivity index (χ3n) is 8.37. The van der Waals surface area contributed by atoms with E-state index in [4.69, 9.17) is 4.74 Å². The molecule has 1 rings (SSSR count). The summed E-state index contributed by atoms with van der Waals surface area (Å²) in [5.41, 5.74) is 0. The number of ether oxygens (including phenoxy) is 1. The quantitative estimate of drug-likeness (QED) is 0.0759. The molecule has 1 aliphatic rings. The SMILES string of the molecule is CCCCCCCCCCCCC/C=C/[C@@H](O)[C@@H]1COC(=O)N1C(=O)CCCCCCCCCCCCCCC. The second-order valence-electron chi connectivity index (χ2n) is 12.1. The monoisotopic (exact) mass is 563 g/mol. The van der Waals surface area contributed by atoms with Crippen LogP contribution in [0.5, 0.6) is 0 Å². The maximum absolute atomic E-state index is 12.8. The number of nitrogens with zero attached hydrogens (tertiary/aromatic N) is 1. The van der Waals surface area contributed by atoms with E-state index in [1.807, 2.05) is 6.08 Å². The van der Waals surface area contributed by atoms with E-state index in [2.05, 4.69) is 13.8 Å². The number of carbonyl (C=O) groups excluding carboxylic acids is 2. The van der Waals surface area contributed by atoms with Gasteiger partial charge in [-0.1, -0.05) is 167 Å². The number of cyclic esters (lactones) is 1. The van der Waals surface area contributed by atoms with Crippen molar-refractivity contribution in [3.63, 3.8) is 0 Å². The van der Waals surface area contributed by atoms with Crippen LogP contribution in [0.1, 0.15) is 181 Å². The van der Waals surface area contributed by atoms with Crippen molar-refractivity contribution in [1.29, 1.82) is 0 Å². The van der Waals surface area contributed by atoms with Gasteiger partial charge in [-0.3, -0.25) is 4.79 Å². The molecule has 2 atom stereocenters. The predicted octanol–water partition coefficient (Wildman–Crippen LogP) is 10.4. The molecular weight excluding hydrogens is 498 g/mol. The first-order valence-corrected chi connectivity index (χ1v) is 17.4. The van der Waals surface area contributed by atoms with Gasteiger partial charge in [0.2, 0.25) is 5.91 Å². The second-order valence-corrected chi connectivity index (χ2v) is 12.1. The topological polar surface area (TPSA) is 66.8 Å². The van der Waals surface area contributed by atoms with Gasteiger partial charge in [-0.15, -0.1) is 0 Å². The van der Waals surface area contributed by atoms with Crippen molar-refractivity contribution in [1.82, 2.24) is 4.90 Å². The molecule has 1 heterocycles. The number of unbranched alkanes of at least 4 members (excludes halogenated alkanes) is 23. The van der Waals surface area contributed by atoms with E-state index in [-0.39, 0.29) is 12.5 Å². The number of amides is 2. The molecule has 1 aliphatic heterocycles. The van der Waals surface area contributed by atoms with Crippen LogP contribution in [0.2, 0.25) is 0 Å². The average molecular weight is 564 g/mol. The summed E-state index contributed by atoms with van der Waals surface area (Å²) in [5, 5.41) is 10.6. The molecule has 0 saturated carbocycles. The zero-order valence-electron chi connectivity index (χ0n) is 26.5. The summed E-state index contributed by atoms with van der Waals surface area (Å²) < 4.78 is 5.13. The Bertz CT molecular complexity index is 635. The molecule has 0 aliphatic carbocycles. The Morgan fingerprint density at radius 3 is 1.57 bits per heavy atom. The number of carbonyl (C=O) groups is 2. The molecule has 0 aromatic heterocycles. The van der Waals surface area contributed by atoms with Crippen LogP contribution in [-0.2, 0) is 9.53 Å². The Hall–Kier alpha value is -1.36. The van der Waals surface area contributed by atoms with E-state index in [0.29, 0.717) is 6.42 Å². The summed E-state index contributed by atoms with van der Waals surface area (Å²) in [6.45, 7) is 4.60. The number of aliphatic hydroxyl groups is 1. The molecule has 2 amide bonds. The van der Waals surface area contributed by atoms with Crippen LogP contribution < -0.4 is 0 Å². The van der Waals surface area contributed by atoms with Gasteiger partial charge in [0.1, 0.15) is 12.6 Å².